The molecule has 4 rings (SSSR count). The van der Waals surface area contributed by atoms with Gasteiger partial charge in [-0.05, 0) is 31.5 Å². The second-order valence-corrected chi connectivity index (χ2v) is 9.62. The standard InChI is InChI=1S/C28H32N6O5/c1-18(2)29-24-17-22(30-25(32-24)20-6-4-3-5-7-20)26(36)31-23(16-19-8-10-21(35)11-9-19)27(37)33-12-14-34(15-13-33)28(38)39/h3-11,17-18,23,35H,12-16H2,1-2H3,(H,31,36)(H,38,39)(H,29,30,32)/t23-/m0/s1. The minimum absolute atomic E-state index is 0.0627. The highest BCUT2D eigenvalue weighted by molar-refractivity contribution is 5.97. The number of aromatic nitrogens is 2. The minimum Gasteiger partial charge on any atom is -0.508 e. The molecule has 4 N–H and O–H groups in total. The Hall–Kier alpha value is -4.67. The topological polar surface area (TPSA) is 148 Å². The van der Waals surface area contributed by atoms with Gasteiger partial charge in [-0.3, -0.25) is 9.59 Å². The molecular weight excluding hydrogens is 500 g/mol. The van der Waals surface area contributed by atoms with E-state index in [1.165, 1.54) is 17.0 Å². The molecule has 1 fully saturated rings. The molecule has 1 saturated heterocycles. The van der Waals surface area contributed by atoms with Crippen molar-refractivity contribution in [2.24, 2.45) is 0 Å². The summed E-state index contributed by atoms with van der Waals surface area (Å²) in [5, 5.41) is 25.0. The Morgan fingerprint density at radius 2 is 1.56 bits per heavy atom. The second-order valence-electron chi connectivity index (χ2n) is 9.62. The molecule has 204 valence electrons. The lowest BCUT2D eigenvalue weighted by Gasteiger charge is -2.35. The molecule has 2 heterocycles. The molecule has 2 aromatic carbocycles. The lowest BCUT2D eigenvalue weighted by molar-refractivity contribution is -0.134. The molecule has 11 heteroatoms. The van der Waals surface area contributed by atoms with E-state index >= 15 is 0 Å². The van der Waals surface area contributed by atoms with Crippen LogP contribution < -0.4 is 10.6 Å². The van der Waals surface area contributed by atoms with Gasteiger partial charge in [0.2, 0.25) is 5.91 Å². The van der Waals surface area contributed by atoms with Crippen molar-refractivity contribution in [3.8, 4) is 17.1 Å². The number of hydrogen-bond acceptors (Lipinski definition) is 7. The first-order chi connectivity index (χ1) is 18.7. The van der Waals surface area contributed by atoms with Crippen molar-refractivity contribution in [3.05, 3.63) is 71.9 Å². The van der Waals surface area contributed by atoms with Crippen molar-refractivity contribution in [2.45, 2.75) is 32.4 Å². The van der Waals surface area contributed by atoms with Crippen molar-refractivity contribution in [1.82, 2.24) is 25.1 Å². The average molecular weight is 533 g/mol. The molecule has 0 aliphatic carbocycles. The number of nitrogens with one attached hydrogen (secondary N) is 2. The number of carboxylic acid groups (broad SMARTS) is 1. The number of carbonyl (C=O) groups is 3. The molecule has 11 nitrogen and oxygen atoms in total. The zero-order valence-electron chi connectivity index (χ0n) is 21.9. The number of aromatic hydroxyl groups is 1. The fraction of sp³-hybridized carbons (Fsp3) is 0.321. The van der Waals surface area contributed by atoms with Gasteiger partial charge in [0.1, 0.15) is 23.3 Å². The third-order valence-electron chi connectivity index (χ3n) is 6.27. The summed E-state index contributed by atoms with van der Waals surface area (Å²) in [5.41, 5.74) is 1.59. The lowest BCUT2D eigenvalue weighted by atomic mass is 10.0. The predicted octanol–water partition coefficient (Wildman–Crippen LogP) is 2.83. The maximum Gasteiger partial charge on any atom is 0.407 e. The first-order valence-corrected chi connectivity index (χ1v) is 12.8. The maximum absolute atomic E-state index is 13.6. The highest BCUT2D eigenvalue weighted by atomic mass is 16.4. The molecule has 3 amide bonds. The molecule has 0 unspecified atom stereocenters. The molecular formula is C28H32N6O5. The van der Waals surface area contributed by atoms with Crippen LogP contribution in [0.5, 0.6) is 5.75 Å². The van der Waals surface area contributed by atoms with E-state index in [1.807, 2.05) is 44.2 Å². The Morgan fingerprint density at radius 3 is 2.18 bits per heavy atom. The minimum atomic E-state index is -1.03. The van der Waals surface area contributed by atoms with E-state index in [2.05, 4.69) is 20.6 Å². The summed E-state index contributed by atoms with van der Waals surface area (Å²) in [4.78, 5) is 50.2. The number of benzene rings is 2. The quantitative estimate of drug-likeness (QED) is 0.346. The van der Waals surface area contributed by atoms with E-state index in [0.29, 0.717) is 11.6 Å². The van der Waals surface area contributed by atoms with Crippen molar-refractivity contribution >= 4 is 23.7 Å². The Labute approximate surface area is 226 Å². The van der Waals surface area contributed by atoms with Gasteiger partial charge in [-0.15, -0.1) is 0 Å². The zero-order valence-corrected chi connectivity index (χ0v) is 21.9. The Balaban J connectivity index is 1.60. The Morgan fingerprint density at radius 1 is 0.923 bits per heavy atom. The largest absolute Gasteiger partial charge is 0.508 e. The Kier molecular flexibility index (Phi) is 8.60. The second kappa shape index (κ2) is 12.2. The van der Waals surface area contributed by atoms with Crippen LogP contribution in [-0.2, 0) is 11.2 Å². The van der Waals surface area contributed by atoms with Crippen LogP contribution in [0.3, 0.4) is 0 Å². The van der Waals surface area contributed by atoms with Crippen LogP contribution in [0.2, 0.25) is 0 Å². The van der Waals surface area contributed by atoms with Crippen molar-refractivity contribution in [1.29, 1.82) is 0 Å². The van der Waals surface area contributed by atoms with Crippen LogP contribution >= 0.6 is 0 Å². The van der Waals surface area contributed by atoms with Gasteiger partial charge in [-0.1, -0.05) is 42.5 Å². The fourth-order valence-corrected chi connectivity index (χ4v) is 4.29. The highest BCUT2D eigenvalue weighted by Gasteiger charge is 2.31. The molecule has 0 bridgehead atoms. The highest BCUT2D eigenvalue weighted by Crippen LogP contribution is 2.19. The van der Waals surface area contributed by atoms with E-state index in [4.69, 9.17) is 0 Å². The van der Waals surface area contributed by atoms with Crippen LogP contribution in [0.4, 0.5) is 10.6 Å². The number of rotatable bonds is 8. The normalized spacial score (nSPS) is 14.1. The first kappa shape index (κ1) is 27.4. The van der Waals surface area contributed by atoms with Gasteiger partial charge in [0.15, 0.2) is 5.82 Å². The van der Waals surface area contributed by atoms with Gasteiger partial charge >= 0.3 is 6.09 Å². The summed E-state index contributed by atoms with van der Waals surface area (Å²) in [5.74, 6) is 0.0879. The van der Waals surface area contributed by atoms with Crippen LogP contribution in [0.1, 0.15) is 29.9 Å². The first-order valence-electron chi connectivity index (χ1n) is 12.8. The molecule has 0 saturated carbocycles. The molecule has 39 heavy (non-hydrogen) atoms. The van der Waals surface area contributed by atoms with Gasteiger partial charge in [-0.2, -0.15) is 0 Å². The SMILES string of the molecule is CC(C)Nc1cc(C(=O)N[C@@H](Cc2ccc(O)cc2)C(=O)N2CCN(C(=O)O)CC2)nc(-c2ccccc2)n1. The van der Waals surface area contributed by atoms with Crippen LogP contribution in [0.25, 0.3) is 11.4 Å². The number of nitrogens with zero attached hydrogens (tertiary/aromatic N) is 4. The zero-order chi connectivity index (χ0) is 27.9. The molecule has 1 aliphatic rings. The number of piperazine rings is 1. The van der Waals surface area contributed by atoms with Crippen molar-refractivity contribution in [3.63, 3.8) is 0 Å². The third-order valence-corrected chi connectivity index (χ3v) is 6.27. The molecule has 1 aliphatic heterocycles. The van der Waals surface area contributed by atoms with Gasteiger partial charge in [-0.25, -0.2) is 14.8 Å². The summed E-state index contributed by atoms with van der Waals surface area (Å²) < 4.78 is 0. The summed E-state index contributed by atoms with van der Waals surface area (Å²) in [6.07, 6.45) is -0.850. The lowest BCUT2D eigenvalue weighted by Crippen LogP contribution is -2.56. The van der Waals surface area contributed by atoms with E-state index in [-0.39, 0.29) is 56.0 Å². The fourth-order valence-electron chi connectivity index (χ4n) is 4.29. The molecule has 0 radical (unpaired) electrons. The smallest absolute Gasteiger partial charge is 0.407 e. The molecule has 1 atom stereocenters. The van der Waals surface area contributed by atoms with E-state index in [0.717, 1.165) is 11.1 Å². The number of amides is 3. The van der Waals surface area contributed by atoms with Gasteiger partial charge in [0, 0.05) is 50.3 Å². The third kappa shape index (κ3) is 7.22. The summed E-state index contributed by atoms with van der Waals surface area (Å²) in [6, 6.07) is 16.4. The molecule has 3 aromatic rings. The number of anilines is 1. The van der Waals surface area contributed by atoms with Crippen LogP contribution in [0, 0.1) is 0 Å². The summed E-state index contributed by atoms with van der Waals surface area (Å²) in [6.45, 7) is 4.75. The van der Waals surface area contributed by atoms with Crippen LogP contribution in [0.15, 0.2) is 60.7 Å². The van der Waals surface area contributed by atoms with Crippen LogP contribution in [-0.4, -0.2) is 86.2 Å². The monoisotopic (exact) mass is 532 g/mol. The number of phenols is 1. The van der Waals surface area contributed by atoms with E-state index < -0.39 is 18.0 Å². The summed E-state index contributed by atoms with van der Waals surface area (Å²) in [7, 11) is 0. The van der Waals surface area contributed by atoms with Crippen molar-refractivity contribution < 1.29 is 24.6 Å². The number of phenolic OH excluding ortho intramolecular Hbond substituents is 1. The average Bonchev–Trinajstić information content (AvgIpc) is 2.93. The predicted molar refractivity (Wildman–Crippen MR) is 145 cm³/mol. The van der Waals surface area contributed by atoms with Gasteiger partial charge in [0.25, 0.3) is 5.91 Å². The van der Waals surface area contributed by atoms with Gasteiger partial charge < -0.3 is 30.6 Å². The van der Waals surface area contributed by atoms with Crippen molar-refractivity contribution in [2.75, 3.05) is 31.5 Å². The maximum atomic E-state index is 13.6. The van der Waals surface area contributed by atoms with Gasteiger partial charge in [0.05, 0.1) is 0 Å². The summed E-state index contributed by atoms with van der Waals surface area (Å²) >= 11 is 0. The number of carbonyl (C=O) groups excluding carboxylic acids is 2. The molecule has 1 aromatic heterocycles. The van der Waals surface area contributed by atoms with E-state index in [1.54, 1.807) is 23.1 Å². The Bertz CT molecular complexity index is 1310. The number of hydrogen-bond donors (Lipinski definition) is 4. The van der Waals surface area contributed by atoms with E-state index in [9.17, 15) is 24.6 Å². The molecule has 0 spiro atoms.